The Labute approximate surface area is 211 Å². The van der Waals surface area contributed by atoms with Crippen molar-refractivity contribution in [1.29, 1.82) is 0 Å². The molecular formula is C27H23BrO7. The zero-order chi connectivity index (χ0) is 24.6. The van der Waals surface area contributed by atoms with Crippen molar-refractivity contribution < 1.29 is 33.3 Å². The van der Waals surface area contributed by atoms with Gasteiger partial charge in [-0.2, -0.15) is 0 Å². The molecule has 0 bridgehead atoms. The summed E-state index contributed by atoms with van der Waals surface area (Å²) in [5.74, 6) is -1.60. The van der Waals surface area contributed by atoms with Crippen LogP contribution in [0.3, 0.4) is 0 Å². The van der Waals surface area contributed by atoms with Gasteiger partial charge in [-0.1, -0.05) is 70.5 Å². The van der Waals surface area contributed by atoms with Gasteiger partial charge in [0.25, 0.3) is 0 Å². The summed E-state index contributed by atoms with van der Waals surface area (Å²) in [6.07, 6.45) is -2.18. The van der Waals surface area contributed by atoms with E-state index in [1.165, 1.54) is 0 Å². The molecule has 7 nitrogen and oxygen atoms in total. The Morgan fingerprint density at radius 1 is 0.686 bits per heavy atom. The summed E-state index contributed by atoms with van der Waals surface area (Å²) in [4.78, 5) is 37.8. The molecule has 0 spiro atoms. The first-order chi connectivity index (χ1) is 17.0. The van der Waals surface area contributed by atoms with Gasteiger partial charge in [0.1, 0.15) is 29.9 Å². The maximum Gasteiger partial charge on any atom is 0.338 e. The van der Waals surface area contributed by atoms with Crippen LogP contribution in [0.2, 0.25) is 0 Å². The van der Waals surface area contributed by atoms with Crippen molar-refractivity contribution in [2.75, 3.05) is 6.61 Å². The van der Waals surface area contributed by atoms with E-state index < -0.39 is 41.2 Å². The lowest BCUT2D eigenvalue weighted by Gasteiger charge is -2.38. The fourth-order valence-electron chi connectivity index (χ4n) is 3.58. The van der Waals surface area contributed by atoms with Crippen LogP contribution in [-0.2, 0) is 18.9 Å². The molecule has 0 N–H and O–H groups in total. The van der Waals surface area contributed by atoms with E-state index in [1.807, 2.05) is 0 Å². The van der Waals surface area contributed by atoms with Crippen molar-refractivity contribution >= 4 is 33.8 Å². The maximum atomic E-state index is 12.7. The lowest BCUT2D eigenvalue weighted by atomic mass is 10.0. The standard InChI is InChI=1S/C27H23BrO7/c28-24-22(35-27(31)20-14-8-3-9-15-20)16-21(34-26(30)19-12-6-2-7-13-19)23(33-24)17-32-25(29)18-10-4-1-5-11-18/h1-15,21-24H,16-17H2/t21-,22+,23+,24-/m0/s1. The molecule has 4 rings (SSSR count). The third kappa shape index (κ3) is 6.55. The Balaban J connectivity index is 1.46. The SMILES string of the molecule is O=C(OC[C@H]1O[C@H](Br)[C@H](OC(=O)c2ccccc2)C[C@@H]1OC(=O)c1ccccc1)c1ccccc1. The number of hydrogen-bond donors (Lipinski definition) is 0. The molecule has 1 fully saturated rings. The van der Waals surface area contributed by atoms with Gasteiger partial charge in [0.05, 0.1) is 16.7 Å². The normalized spacial score (nSPS) is 21.5. The highest BCUT2D eigenvalue weighted by atomic mass is 79.9. The van der Waals surface area contributed by atoms with E-state index in [2.05, 4.69) is 15.9 Å². The quantitative estimate of drug-likeness (QED) is 0.242. The lowest BCUT2D eigenvalue weighted by Crippen LogP contribution is -2.50. The lowest BCUT2D eigenvalue weighted by molar-refractivity contribution is -0.152. The van der Waals surface area contributed by atoms with Crippen molar-refractivity contribution in [2.24, 2.45) is 0 Å². The first-order valence-electron chi connectivity index (χ1n) is 11.0. The maximum absolute atomic E-state index is 12.7. The summed E-state index contributed by atoms with van der Waals surface area (Å²) in [5, 5.41) is -0.692. The molecule has 0 unspecified atom stereocenters. The van der Waals surface area contributed by atoms with Crippen LogP contribution >= 0.6 is 15.9 Å². The largest absolute Gasteiger partial charge is 0.459 e. The van der Waals surface area contributed by atoms with Crippen LogP contribution in [0.25, 0.3) is 0 Å². The number of carbonyl (C=O) groups excluding carboxylic acids is 3. The van der Waals surface area contributed by atoms with Crippen molar-refractivity contribution in [1.82, 2.24) is 0 Å². The molecule has 1 saturated heterocycles. The molecule has 1 heterocycles. The number of benzene rings is 3. The monoisotopic (exact) mass is 538 g/mol. The Morgan fingerprint density at radius 2 is 1.11 bits per heavy atom. The topological polar surface area (TPSA) is 88.1 Å². The van der Waals surface area contributed by atoms with Crippen LogP contribution in [0.4, 0.5) is 0 Å². The Hall–Kier alpha value is -3.49. The van der Waals surface area contributed by atoms with Gasteiger partial charge in [-0.15, -0.1) is 0 Å². The third-order valence-electron chi connectivity index (χ3n) is 5.40. The molecule has 0 radical (unpaired) electrons. The average molecular weight is 539 g/mol. The summed E-state index contributed by atoms with van der Waals surface area (Å²) in [7, 11) is 0. The van der Waals surface area contributed by atoms with Gasteiger partial charge in [-0.3, -0.25) is 0 Å². The van der Waals surface area contributed by atoms with Crippen molar-refractivity contribution in [3.63, 3.8) is 0 Å². The van der Waals surface area contributed by atoms with Gasteiger partial charge >= 0.3 is 17.9 Å². The van der Waals surface area contributed by atoms with E-state index in [1.54, 1.807) is 91.0 Å². The second-order valence-corrected chi connectivity index (χ2v) is 8.75. The van der Waals surface area contributed by atoms with Gasteiger partial charge in [-0.05, 0) is 36.4 Å². The molecule has 1 aliphatic rings. The summed E-state index contributed by atoms with van der Waals surface area (Å²) in [5.41, 5.74) is 1.15. The van der Waals surface area contributed by atoms with Gasteiger partial charge in [0.2, 0.25) is 0 Å². The molecule has 0 saturated carbocycles. The second kappa shape index (κ2) is 11.8. The van der Waals surface area contributed by atoms with Crippen LogP contribution < -0.4 is 0 Å². The number of carbonyl (C=O) groups is 3. The van der Waals surface area contributed by atoms with E-state index in [9.17, 15) is 14.4 Å². The van der Waals surface area contributed by atoms with Gasteiger partial charge in [0.15, 0.2) is 0 Å². The van der Waals surface area contributed by atoms with Crippen molar-refractivity contribution in [3.8, 4) is 0 Å². The van der Waals surface area contributed by atoms with Crippen LogP contribution in [-0.4, -0.2) is 47.8 Å². The first kappa shape index (κ1) is 24.6. The van der Waals surface area contributed by atoms with Crippen LogP contribution in [0.15, 0.2) is 91.0 Å². The number of hydrogen-bond acceptors (Lipinski definition) is 7. The first-order valence-corrected chi connectivity index (χ1v) is 12.0. The van der Waals surface area contributed by atoms with Crippen LogP contribution in [0.1, 0.15) is 37.5 Å². The summed E-state index contributed by atoms with van der Waals surface area (Å²) >= 11 is 3.41. The van der Waals surface area contributed by atoms with E-state index in [4.69, 9.17) is 18.9 Å². The number of alkyl halides is 1. The minimum atomic E-state index is -0.825. The molecule has 0 amide bonds. The van der Waals surface area contributed by atoms with Crippen LogP contribution in [0, 0.1) is 0 Å². The van der Waals surface area contributed by atoms with Gasteiger partial charge < -0.3 is 18.9 Å². The molecule has 8 heteroatoms. The molecule has 0 aromatic heterocycles. The molecule has 0 aliphatic carbocycles. The fraction of sp³-hybridized carbons (Fsp3) is 0.222. The molecule has 180 valence electrons. The summed E-state index contributed by atoms with van der Waals surface area (Å²) in [6, 6.07) is 25.6. The molecule has 3 aromatic rings. The zero-order valence-electron chi connectivity index (χ0n) is 18.6. The van der Waals surface area contributed by atoms with E-state index in [0.29, 0.717) is 16.7 Å². The summed E-state index contributed by atoms with van der Waals surface area (Å²) < 4.78 is 22.8. The molecule has 4 atom stereocenters. The fourth-order valence-corrected chi connectivity index (χ4v) is 4.18. The third-order valence-corrected chi connectivity index (χ3v) is 6.21. The minimum absolute atomic E-state index is 0.151. The number of esters is 3. The van der Waals surface area contributed by atoms with Crippen molar-refractivity contribution in [3.05, 3.63) is 108 Å². The Kier molecular flexibility index (Phi) is 8.28. The number of halogens is 1. The summed E-state index contributed by atoms with van der Waals surface area (Å²) in [6.45, 7) is -0.151. The van der Waals surface area contributed by atoms with Gasteiger partial charge in [0, 0.05) is 6.42 Å². The highest BCUT2D eigenvalue weighted by Gasteiger charge is 2.42. The zero-order valence-corrected chi connectivity index (χ0v) is 20.2. The highest BCUT2D eigenvalue weighted by molar-refractivity contribution is 9.09. The van der Waals surface area contributed by atoms with Crippen LogP contribution in [0.5, 0.6) is 0 Å². The Bertz CT molecular complexity index is 1140. The van der Waals surface area contributed by atoms with E-state index in [0.717, 1.165) is 0 Å². The molecular weight excluding hydrogens is 516 g/mol. The predicted octanol–water partition coefficient (Wildman–Crippen LogP) is 4.80. The predicted molar refractivity (Wildman–Crippen MR) is 130 cm³/mol. The molecule has 3 aromatic carbocycles. The smallest absolute Gasteiger partial charge is 0.338 e. The molecule has 1 aliphatic heterocycles. The van der Waals surface area contributed by atoms with Crippen molar-refractivity contribution in [2.45, 2.75) is 29.7 Å². The highest BCUT2D eigenvalue weighted by Crippen LogP contribution is 2.30. The average Bonchev–Trinajstić information content (AvgIpc) is 2.90. The Morgan fingerprint density at radius 3 is 1.60 bits per heavy atom. The molecule has 35 heavy (non-hydrogen) atoms. The number of ether oxygens (including phenoxy) is 4. The van der Waals surface area contributed by atoms with E-state index >= 15 is 0 Å². The number of rotatable bonds is 7. The second-order valence-electron chi connectivity index (χ2n) is 7.85. The van der Waals surface area contributed by atoms with Gasteiger partial charge in [-0.25, -0.2) is 14.4 Å². The minimum Gasteiger partial charge on any atom is -0.459 e. The van der Waals surface area contributed by atoms with E-state index in [-0.39, 0.29) is 13.0 Å².